The summed E-state index contributed by atoms with van der Waals surface area (Å²) in [7, 11) is -3.57. The minimum atomic E-state index is -1.79. The molecule has 0 aliphatic carbocycles. The Morgan fingerprint density at radius 1 is 0.429 bits per heavy atom. The van der Waals surface area contributed by atoms with Crippen molar-refractivity contribution in [3.05, 3.63) is 139 Å². The molecule has 0 aliphatic heterocycles. The van der Waals surface area contributed by atoms with E-state index in [1.54, 1.807) is 0 Å². The van der Waals surface area contributed by atoms with Crippen molar-refractivity contribution in [1.29, 1.82) is 0 Å². The minimum absolute atomic E-state index is 0.222. The molecule has 0 radical (unpaired) electrons. The number of hydrogen-bond acceptors (Lipinski definition) is 2. The molecule has 0 aliphatic rings. The number of rotatable bonds is 22. The van der Waals surface area contributed by atoms with Crippen LogP contribution >= 0.6 is 31.9 Å². The first kappa shape index (κ1) is 46.6. The van der Waals surface area contributed by atoms with E-state index in [0.29, 0.717) is 11.8 Å². The van der Waals surface area contributed by atoms with Crippen molar-refractivity contribution in [2.45, 2.75) is 142 Å². The van der Waals surface area contributed by atoms with Gasteiger partial charge >= 0.3 is 0 Å². The molecular weight excluding hydrogens is 849 g/mol. The van der Waals surface area contributed by atoms with Gasteiger partial charge in [0.25, 0.3) is 0 Å². The maximum atomic E-state index is 7.24. The Balaban J connectivity index is 1.48. The van der Waals surface area contributed by atoms with Crippen LogP contribution in [0.1, 0.15) is 103 Å². The molecule has 0 heterocycles. The van der Waals surface area contributed by atoms with Gasteiger partial charge in [-0.25, -0.2) is 0 Å². The molecule has 0 spiro atoms. The van der Waals surface area contributed by atoms with Gasteiger partial charge in [-0.2, -0.15) is 0 Å². The summed E-state index contributed by atoms with van der Waals surface area (Å²) >= 11 is 7.24. The Kier molecular flexibility index (Phi) is 17.7. The lowest BCUT2D eigenvalue weighted by Crippen LogP contribution is -2.49. The van der Waals surface area contributed by atoms with Crippen molar-refractivity contribution in [1.82, 2.24) is 0 Å². The van der Waals surface area contributed by atoms with Gasteiger partial charge in [0.15, 0.2) is 16.6 Å². The van der Waals surface area contributed by atoms with Gasteiger partial charge in [0.05, 0.1) is 11.2 Å². The highest BCUT2D eigenvalue weighted by Crippen LogP contribution is 2.37. The van der Waals surface area contributed by atoms with Crippen LogP contribution in [0.15, 0.2) is 106 Å². The Morgan fingerprint density at radius 2 is 0.661 bits per heavy atom. The molecule has 0 bridgehead atoms. The van der Waals surface area contributed by atoms with E-state index in [1.165, 1.54) is 33.4 Å². The first-order valence-corrected chi connectivity index (χ1v) is 28.0. The van der Waals surface area contributed by atoms with E-state index in [2.05, 4.69) is 210 Å². The predicted octanol–water partition coefficient (Wildman–Crippen LogP) is 15.8. The molecule has 0 N–H and O–H groups in total. The van der Waals surface area contributed by atoms with Crippen LogP contribution in [0.2, 0.25) is 36.3 Å². The van der Waals surface area contributed by atoms with Crippen LogP contribution in [-0.4, -0.2) is 27.8 Å². The molecule has 0 saturated heterocycles. The summed E-state index contributed by atoms with van der Waals surface area (Å²) in [6.45, 7) is 23.4. The second kappa shape index (κ2) is 21.3. The standard InChI is InChI=1S/C50H70Br2O2Si2/c1-11-55(12-2,13-3)53-49(7,8)45(37-43-27-31-47(51)32-28-43)35-41-23-19-39(20-24-41)17-18-40-21-25-42(26-22-40)36-46(38-44-29-33-48(52)34-30-44)50(9,10)54-56(14-4,15-5)16-6/h17-34,45-46H,11-16,35-38H2,1-10H3/b18-17+. The van der Waals surface area contributed by atoms with E-state index in [9.17, 15) is 0 Å². The third kappa shape index (κ3) is 13.2. The van der Waals surface area contributed by atoms with Gasteiger partial charge in [0, 0.05) is 8.95 Å². The minimum Gasteiger partial charge on any atom is -0.412 e. The largest absolute Gasteiger partial charge is 0.412 e. The average Bonchev–Trinajstić information content (AvgIpc) is 3.20. The molecule has 2 atom stereocenters. The van der Waals surface area contributed by atoms with Crippen LogP contribution in [0.3, 0.4) is 0 Å². The van der Waals surface area contributed by atoms with Crippen LogP contribution in [-0.2, 0) is 34.5 Å². The summed E-state index contributed by atoms with van der Waals surface area (Å²) < 4.78 is 16.7. The van der Waals surface area contributed by atoms with Gasteiger partial charge in [-0.1, -0.05) is 158 Å². The second-order valence-corrected chi connectivity index (χ2v) is 28.4. The summed E-state index contributed by atoms with van der Waals surface area (Å²) in [5, 5.41) is 0. The van der Waals surface area contributed by atoms with E-state index in [4.69, 9.17) is 8.85 Å². The highest BCUT2D eigenvalue weighted by molar-refractivity contribution is 9.10. The maximum absolute atomic E-state index is 7.24. The third-order valence-electron chi connectivity index (χ3n) is 13.0. The van der Waals surface area contributed by atoms with Crippen molar-refractivity contribution < 1.29 is 8.85 Å². The van der Waals surface area contributed by atoms with Crippen LogP contribution in [0.25, 0.3) is 12.2 Å². The summed E-state index contributed by atoms with van der Waals surface area (Å²) in [5.41, 5.74) is 7.45. The fourth-order valence-corrected chi connectivity index (χ4v) is 15.4. The lowest BCUT2D eigenvalue weighted by Gasteiger charge is -2.43. The third-order valence-corrected chi connectivity index (χ3v) is 23.7. The normalized spacial score (nSPS) is 14.0. The number of benzene rings is 4. The zero-order valence-electron chi connectivity index (χ0n) is 36.2. The number of halogens is 2. The van der Waals surface area contributed by atoms with E-state index < -0.39 is 16.6 Å². The van der Waals surface area contributed by atoms with Crippen molar-refractivity contribution in [3.63, 3.8) is 0 Å². The summed E-state index contributed by atoms with van der Waals surface area (Å²) in [6, 6.07) is 43.0. The molecule has 2 nitrogen and oxygen atoms in total. The van der Waals surface area contributed by atoms with Gasteiger partial charge in [-0.15, -0.1) is 0 Å². The zero-order valence-corrected chi connectivity index (χ0v) is 41.4. The monoisotopic (exact) mass is 916 g/mol. The predicted molar refractivity (Wildman–Crippen MR) is 257 cm³/mol. The van der Waals surface area contributed by atoms with Gasteiger partial charge in [0.2, 0.25) is 0 Å². The first-order valence-electron chi connectivity index (χ1n) is 21.4. The number of hydrogen-bond donors (Lipinski definition) is 0. The molecule has 6 heteroatoms. The van der Waals surface area contributed by atoms with Crippen molar-refractivity contribution >= 4 is 60.6 Å². The molecule has 4 rings (SSSR count). The lowest BCUT2D eigenvalue weighted by atomic mass is 9.81. The fourth-order valence-electron chi connectivity index (χ4n) is 8.44. The molecule has 4 aromatic carbocycles. The van der Waals surface area contributed by atoms with Gasteiger partial charge in [-0.05, 0) is 159 Å². The molecule has 4 aromatic rings. The smallest absolute Gasteiger partial charge is 0.192 e. The van der Waals surface area contributed by atoms with Crippen molar-refractivity contribution in [3.8, 4) is 0 Å². The highest BCUT2D eigenvalue weighted by Gasteiger charge is 2.41. The van der Waals surface area contributed by atoms with Gasteiger partial charge in [0.1, 0.15) is 0 Å². The quantitative estimate of drug-likeness (QED) is 0.0578. The van der Waals surface area contributed by atoms with E-state index in [1.807, 2.05) is 0 Å². The molecule has 0 fully saturated rings. The van der Waals surface area contributed by atoms with E-state index in [-0.39, 0.29) is 11.2 Å². The van der Waals surface area contributed by atoms with Crippen molar-refractivity contribution in [2.75, 3.05) is 0 Å². The summed E-state index contributed by atoms with van der Waals surface area (Å²) in [4.78, 5) is 0. The van der Waals surface area contributed by atoms with E-state index >= 15 is 0 Å². The zero-order chi connectivity index (χ0) is 41.0. The Hall–Kier alpha value is -2.07. The second-order valence-electron chi connectivity index (χ2n) is 17.2. The van der Waals surface area contributed by atoms with Gasteiger partial charge in [-0.3, -0.25) is 0 Å². The first-order chi connectivity index (χ1) is 26.6. The molecule has 0 amide bonds. The summed E-state index contributed by atoms with van der Waals surface area (Å²) in [5.74, 6) is 0.725. The Morgan fingerprint density at radius 3 is 0.893 bits per heavy atom. The molecule has 2 unspecified atom stereocenters. The van der Waals surface area contributed by atoms with E-state index in [0.717, 1.165) is 70.9 Å². The molecule has 0 saturated carbocycles. The fraction of sp³-hybridized carbons (Fsp3) is 0.480. The molecular formula is C50H70Br2O2Si2. The SMILES string of the molecule is CC[Si](CC)(CC)OC(C)(C)C(Cc1ccc(Br)cc1)Cc1ccc(/C=C/c2ccc(CC(Cc3ccc(Br)cc3)C(C)(C)O[Si](CC)(CC)CC)cc2)cc1. The molecule has 304 valence electrons. The average molecular weight is 919 g/mol. The lowest BCUT2D eigenvalue weighted by molar-refractivity contribution is 0.0312. The Labute approximate surface area is 360 Å². The maximum Gasteiger partial charge on any atom is 0.192 e. The van der Waals surface area contributed by atoms with Crippen molar-refractivity contribution in [2.24, 2.45) is 11.8 Å². The van der Waals surface area contributed by atoms with Crippen LogP contribution in [0.4, 0.5) is 0 Å². The molecule has 0 aromatic heterocycles. The Bertz CT molecular complexity index is 1620. The molecule has 56 heavy (non-hydrogen) atoms. The van der Waals surface area contributed by atoms with Crippen LogP contribution in [0.5, 0.6) is 0 Å². The topological polar surface area (TPSA) is 18.5 Å². The summed E-state index contributed by atoms with van der Waals surface area (Å²) in [6.07, 6.45) is 8.44. The highest BCUT2D eigenvalue weighted by atomic mass is 79.9. The van der Waals surface area contributed by atoms with Crippen LogP contribution < -0.4 is 0 Å². The van der Waals surface area contributed by atoms with Gasteiger partial charge < -0.3 is 8.85 Å². The van der Waals surface area contributed by atoms with Crippen LogP contribution in [0, 0.1) is 11.8 Å².